The molecule has 0 saturated carbocycles. The van der Waals surface area contributed by atoms with Gasteiger partial charge in [0.15, 0.2) is 0 Å². The van der Waals surface area contributed by atoms with Crippen molar-refractivity contribution in [1.29, 1.82) is 0 Å². The molecule has 0 fully saturated rings. The van der Waals surface area contributed by atoms with Crippen LogP contribution >= 0.6 is 0 Å². The molecule has 0 saturated heterocycles. The number of carbonyl (C=O) groups is 1. The number of hydrogen-bond donors (Lipinski definition) is 1. The Morgan fingerprint density at radius 2 is 1.84 bits per heavy atom. The zero-order chi connectivity index (χ0) is 18.4. The molecule has 130 valence electrons. The van der Waals surface area contributed by atoms with Crippen LogP contribution in [0.3, 0.4) is 0 Å². The first-order chi connectivity index (χ1) is 12.0. The lowest BCUT2D eigenvalue weighted by Crippen LogP contribution is -2.20. The van der Waals surface area contributed by atoms with Crippen molar-refractivity contribution in [3.8, 4) is 11.5 Å². The number of carbonyl (C=O) groups excluding carboxylic acids is 1. The number of methoxy groups -OCH3 is 2. The fourth-order valence-electron chi connectivity index (χ4n) is 2.18. The SMILES string of the molecule is COc1ccc(/C(C)=N\NC(=O)c2ccccc2[N+](=O)[O-])c(OC)c1. The van der Waals surface area contributed by atoms with Crippen LogP contribution in [-0.4, -0.2) is 30.8 Å². The van der Waals surface area contributed by atoms with Crippen molar-refractivity contribution in [3.05, 3.63) is 63.7 Å². The lowest BCUT2D eigenvalue weighted by Gasteiger charge is -2.10. The second-order valence-electron chi connectivity index (χ2n) is 4.98. The van der Waals surface area contributed by atoms with E-state index in [1.54, 1.807) is 38.3 Å². The minimum Gasteiger partial charge on any atom is -0.497 e. The summed E-state index contributed by atoms with van der Waals surface area (Å²) in [4.78, 5) is 22.6. The fraction of sp³-hybridized carbons (Fsp3) is 0.176. The molecule has 2 aromatic carbocycles. The van der Waals surface area contributed by atoms with E-state index in [0.29, 0.717) is 22.8 Å². The quantitative estimate of drug-likeness (QED) is 0.493. The van der Waals surface area contributed by atoms with Gasteiger partial charge in [-0.05, 0) is 25.1 Å². The van der Waals surface area contributed by atoms with Crippen LogP contribution < -0.4 is 14.9 Å². The molecule has 0 aliphatic heterocycles. The highest BCUT2D eigenvalue weighted by molar-refractivity contribution is 6.03. The molecule has 8 nitrogen and oxygen atoms in total. The van der Waals surface area contributed by atoms with Gasteiger partial charge in [0.1, 0.15) is 17.1 Å². The molecule has 0 heterocycles. The Hall–Kier alpha value is -3.42. The third kappa shape index (κ3) is 4.11. The highest BCUT2D eigenvalue weighted by Crippen LogP contribution is 2.25. The van der Waals surface area contributed by atoms with E-state index in [1.807, 2.05) is 0 Å². The van der Waals surface area contributed by atoms with Crippen LogP contribution in [0.5, 0.6) is 11.5 Å². The summed E-state index contributed by atoms with van der Waals surface area (Å²) in [6.07, 6.45) is 0. The van der Waals surface area contributed by atoms with Crippen LogP contribution in [0.15, 0.2) is 47.6 Å². The summed E-state index contributed by atoms with van der Waals surface area (Å²) >= 11 is 0. The third-order valence-electron chi connectivity index (χ3n) is 3.47. The van der Waals surface area contributed by atoms with Gasteiger partial charge in [0.05, 0.1) is 24.9 Å². The summed E-state index contributed by atoms with van der Waals surface area (Å²) < 4.78 is 10.4. The van der Waals surface area contributed by atoms with E-state index in [1.165, 1.54) is 25.3 Å². The Balaban J connectivity index is 2.25. The van der Waals surface area contributed by atoms with Crippen LogP contribution in [-0.2, 0) is 0 Å². The van der Waals surface area contributed by atoms with Crippen molar-refractivity contribution in [2.45, 2.75) is 6.92 Å². The van der Waals surface area contributed by atoms with Crippen molar-refractivity contribution in [3.63, 3.8) is 0 Å². The molecule has 2 aromatic rings. The van der Waals surface area contributed by atoms with Gasteiger partial charge in [-0.1, -0.05) is 12.1 Å². The Labute approximate surface area is 144 Å². The first kappa shape index (κ1) is 17.9. The van der Waals surface area contributed by atoms with Crippen LogP contribution in [0, 0.1) is 10.1 Å². The maximum Gasteiger partial charge on any atom is 0.282 e. The standard InChI is InChI=1S/C17H17N3O5/c1-11(13-9-8-12(24-2)10-16(13)25-3)18-19-17(21)14-6-4-5-7-15(14)20(22)23/h4-10H,1-3H3,(H,19,21)/b18-11-. The molecule has 0 unspecified atom stereocenters. The molecular formula is C17H17N3O5. The molecular weight excluding hydrogens is 326 g/mol. The maximum atomic E-state index is 12.2. The van der Waals surface area contributed by atoms with Crippen molar-refractivity contribution in [1.82, 2.24) is 5.43 Å². The molecule has 0 aromatic heterocycles. The highest BCUT2D eigenvalue weighted by atomic mass is 16.6. The van der Waals surface area contributed by atoms with Gasteiger partial charge >= 0.3 is 0 Å². The van der Waals surface area contributed by atoms with E-state index in [9.17, 15) is 14.9 Å². The predicted molar refractivity (Wildman–Crippen MR) is 92.3 cm³/mol. The number of nitro groups is 1. The Morgan fingerprint density at radius 1 is 1.12 bits per heavy atom. The topological polar surface area (TPSA) is 103 Å². The zero-order valence-corrected chi connectivity index (χ0v) is 14.0. The summed E-state index contributed by atoms with van der Waals surface area (Å²) in [6, 6.07) is 10.8. The lowest BCUT2D eigenvalue weighted by molar-refractivity contribution is -0.385. The number of rotatable bonds is 6. The van der Waals surface area contributed by atoms with E-state index in [4.69, 9.17) is 9.47 Å². The number of amides is 1. The monoisotopic (exact) mass is 343 g/mol. The van der Waals surface area contributed by atoms with E-state index in [-0.39, 0.29) is 11.3 Å². The zero-order valence-electron chi connectivity index (χ0n) is 14.0. The van der Waals surface area contributed by atoms with Crippen LogP contribution in [0.25, 0.3) is 0 Å². The van der Waals surface area contributed by atoms with Gasteiger partial charge in [0.2, 0.25) is 0 Å². The summed E-state index contributed by atoms with van der Waals surface area (Å²) in [6.45, 7) is 1.68. The first-order valence-electron chi connectivity index (χ1n) is 7.28. The Kier molecular flexibility index (Phi) is 5.67. The fourth-order valence-corrected chi connectivity index (χ4v) is 2.18. The molecule has 25 heavy (non-hydrogen) atoms. The van der Waals surface area contributed by atoms with Crippen molar-refractivity contribution in [2.75, 3.05) is 14.2 Å². The maximum absolute atomic E-state index is 12.2. The number of para-hydroxylation sites is 1. The van der Waals surface area contributed by atoms with Gasteiger partial charge in [0, 0.05) is 17.7 Å². The van der Waals surface area contributed by atoms with Gasteiger partial charge in [-0.25, -0.2) is 5.43 Å². The summed E-state index contributed by atoms with van der Waals surface area (Å²) in [5.74, 6) is 0.483. The van der Waals surface area contributed by atoms with Crippen LogP contribution in [0.2, 0.25) is 0 Å². The molecule has 1 amide bonds. The molecule has 1 N–H and O–H groups in total. The molecule has 0 bridgehead atoms. The molecule has 0 radical (unpaired) electrons. The van der Waals surface area contributed by atoms with Crippen LogP contribution in [0.1, 0.15) is 22.8 Å². The van der Waals surface area contributed by atoms with E-state index in [0.717, 1.165) is 0 Å². The normalized spacial score (nSPS) is 10.9. The molecule has 0 atom stereocenters. The summed E-state index contributed by atoms with van der Waals surface area (Å²) in [7, 11) is 3.06. The van der Waals surface area contributed by atoms with Crippen molar-refractivity contribution < 1.29 is 19.2 Å². The minimum atomic E-state index is -0.667. The molecule has 2 rings (SSSR count). The number of nitrogens with zero attached hydrogens (tertiary/aromatic N) is 2. The third-order valence-corrected chi connectivity index (χ3v) is 3.47. The largest absolute Gasteiger partial charge is 0.497 e. The number of nitrogens with one attached hydrogen (secondary N) is 1. The molecule has 0 aliphatic carbocycles. The molecule has 8 heteroatoms. The van der Waals surface area contributed by atoms with E-state index in [2.05, 4.69) is 10.5 Å². The summed E-state index contributed by atoms with van der Waals surface area (Å²) in [5.41, 5.74) is 3.12. The number of benzene rings is 2. The number of hydrazone groups is 1. The average Bonchev–Trinajstić information content (AvgIpc) is 2.65. The predicted octanol–water partition coefficient (Wildman–Crippen LogP) is 2.77. The second-order valence-corrected chi connectivity index (χ2v) is 4.98. The number of nitro benzene ring substituents is 1. The van der Waals surface area contributed by atoms with Gasteiger partial charge < -0.3 is 9.47 Å². The Morgan fingerprint density at radius 3 is 2.48 bits per heavy atom. The van der Waals surface area contributed by atoms with Gasteiger partial charge in [-0.3, -0.25) is 14.9 Å². The van der Waals surface area contributed by atoms with E-state index >= 15 is 0 Å². The van der Waals surface area contributed by atoms with Gasteiger partial charge in [-0.2, -0.15) is 5.10 Å². The second kappa shape index (κ2) is 7.91. The van der Waals surface area contributed by atoms with Gasteiger partial charge in [-0.15, -0.1) is 0 Å². The first-order valence-corrected chi connectivity index (χ1v) is 7.28. The van der Waals surface area contributed by atoms with Crippen LogP contribution in [0.4, 0.5) is 5.69 Å². The van der Waals surface area contributed by atoms with Crippen molar-refractivity contribution >= 4 is 17.3 Å². The lowest BCUT2D eigenvalue weighted by atomic mass is 10.1. The highest BCUT2D eigenvalue weighted by Gasteiger charge is 2.19. The van der Waals surface area contributed by atoms with Crippen molar-refractivity contribution in [2.24, 2.45) is 5.10 Å². The van der Waals surface area contributed by atoms with E-state index < -0.39 is 10.8 Å². The number of hydrogen-bond acceptors (Lipinski definition) is 6. The molecule has 0 spiro atoms. The summed E-state index contributed by atoms with van der Waals surface area (Å²) in [5, 5.41) is 15.0. The average molecular weight is 343 g/mol. The van der Waals surface area contributed by atoms with Gasteiger partial charge in [0.25, 0.3) is 11.6 Å². The minimum absolute atomic E-state index is 0.0641. The Bertz CT molecular complexity index is 833. The number of ether oxygens (including phenoxy) is 2. The smallest absolute Gasteiger partial charge is 0.282 e. The molecule has 0 aliphatic rings.